The number of aromatic nitrogens is 3. The summed E-state index contributed by atoms with van der Waals surface area (Å²) in [6.45, 7) is 6.16. The highest BCUT2D eigenvalue weighted by atomic mass is 35.5. The van der Waals surface area contributed by atoms with Crippen molar-refractivity contribution >= 4 is 40.9 Å². The molecule has 4 rings (SSSR count). The Morgan fingerprint density at radius 3 is 2.75 bits per heavy atom. The molecule has 0 radical (unpaired) electrons. The van der Waals surface area contributed by atoms with Crippen LogP contribution < -0.4 is 10.2 Å². The topological polar surface area (TPSA) is 72.3 Å². The van der Waals surface area contributed by atoms with Crippen LogP contribution in [0.5, 0.6) is 0 Å². The molecule has 1 amide bonds. The number of aryl methyl sites for hydroxylation is 1. The summed E-state index contributed by atoms with van der Waals surface area (Å²) in [4.78, 5) is 14.9. The van der Waals surface area contributed by atoms with Gasteiger partial charge in [0.2, 0.25) is 11.9 Å². The van der Waals surface area contributed by atoms with Gasteiger partial charge in [0.1, 0.15) is 5.82 Å². The number of benzene rings is 2. The number of carbonyl (C=O) groups is 1. The monoisotopic (exact) mass is 475 g/mol. The van der Waals surface area contributed by atoms with Crippen LogP contribution in [-0.4, -0.2) is 52.2 Å². The first-order chi connectivity index (χ1) is 15.4. The lowest BCUT2D eigenvalue weighted by molar-refractivity contribution is -0.115. The molecule has 0 aliphatic carbocycles. The standard InChI is InChI=1S/C22H23ClFN5O2S/c1-14-6-7-16(23)12-19(14)25-20(30)15(2)32-22-27-26-21(28-8-10-31-11-9-28)29(22)18-5-3-4-17(24)13-18/h3-7,12-13,15H,8-11H2,1-2H3,(H,25,30). The highest BCUT2D eigenvalue weighted by Gasteiger charge is 2.25. The molecule has 1 unspecified atom stereocenters. The Bertz CT molecular complexity index is 1120. The zero-order valence-corrected chi connectivity index (χ0v) is 19.3. The lowest BCUT2D eigenvalue weighted by Gasteiger charge is -2.28. The number of nitrogens with zero attached hydrogens (tertiary/aromatic N) is 4. The Kier molecular flexibility index (Phi) is 6.98. The van der Waals surface area contributed by atoms with E-state index in [1.807, 2.05) is 17.9 Å². The second-order valence-electron chi connectivity index (χ2n) is 7.41. The van der Waals surface area contributed by atoms with E-state index in [9.17, 15) is 9.18 Å². The van der Waals surface area contributed by atoms with Crippen molar-refractivity contribution in [2.24, 2.45) is 0 Å². The van der Waals surface area contributed by atoms with Gasteiger partial charge in [-0.3, -0.25) is 9.36 Å². The molecule has 168 valence electrons. The van der Waals surface area contributed by atoms with Crippen LogP contribution in [0.3, 0.4) is 0 Å². The molecule has 1 atom stereocenters. The molecule has 32 heavy (non-hydrogen) atoms. The third-order valence-corrected chi connectivity index (χ3v) is 6.36. The number of rotatable bonds is 6. The first-order valence-electron chi connectivity index (χ1n) is 10.2. The number of carbonyl (C=O) groups excluding carboxylic acids is 1. The van der Waals surface area contributed by atoms with Crippen molar-refractivity contribution in [2.75, 3.05) is 36.5 Å². The second kappa shape index (κ2) is 9.89. The molecule has 2 aromatic carbocycles. The molecule has 1 fully saturated rings. The number of hydrogen-bond donors (Lipinski definition) is 1. The zero-order valence-electron chi connectivity index (χ0n) is 17.7. The van der Waals surface area contributed by atoms with Crippen molar-refractivity contribution in [1.82, 2.24) is 14.8 Å². The average molecular weight is 476 g/mol. The van der Waals surface area contributed by atoms with Crippen LogP contribution in [0.4, 0.5) is 16.0 Å². The Hall–Kier alpha value is -2.62. The van der Waals surface area contributed by atoms with E-state index in [0.717, 1.165) is 5.56 Å². The molecule has 10 heteroatoms. The van der Waals surface area contributed by atoms with Crippen molar-refractivity contribution in [1.29, 1.82) is 0 Å². The average Bonchev–Trinajstić information content (AvgIpc) is 3.20. The fourth-order valence-corrected chi connectivity index (χ4v) is 4.36. The van der Waals surface area contributed by atoms with Gasteiger partial charge in [0, 0.05) is 23.8 Å². The molecule has 1 aromatic heterocycles. The summed E-state index contributed by atoms with van der Waals surface area (Å²) in [5.41, 5.74) is 2.17. The quantitative estimate of drug-likeness (QED) is 0.535. The first-order valence-corrected chi connectivity index (χ1v) is 11.5. The van der Waals surface area contributed by atoms with Gasteiger partial charge in [-0.05, 0) is 49.7 Å². The predicted octanol–water partition coefficient (Wildman–Crippen LogP) is 4.32. The van der Waals surface area contributed by atoms with Crippen molar-refractivity contribution in [2.45, 2.75) is 24.3 Å². The van der Waals surface area contributed by atoms with Gasteiger partial charge < -0.3 is 15.0 Å². The van der Waals surface area contributed by atoms with Crippen LogP contribution in [0, 0.1) is 12.7 Å². The maximum absolute atomic E-state index is 14.0. The predicted molar refractivity (Wildman–Crippen MR) is 124 cm³/mol. The zero-order chi connectivity index (χ0) is 22.7. The maximum atomic E-state index is 14.0. The van der Waals surface area contributed by atoms with E-state index in [4.69, 9.17) is 16.3 Å². The Morgan fingerprint density at radius 2 is 2.00 bits per heavy atom. The molecular formula is C22H23ClFN5O2S. The summed E-state index contributed by atoms with van der Waals surface area (Å²) in [5, 5.41) is 12.2. The lowest BCUT2D eigenvalue weighted by atomic mass is 10.2. The van der Waals surface area contributed by atoms with Gasteiger partial charge in [0.15, 0.2) is 5.16 Å². The molecule has 3 aromatic rings. The summed E-state index contributed by atoms with van der Waals surface area (Å²) in [5.74, 6) is 0.0454. The minimum Gasteiger partial charge on any atom is -0.378 e. The van der Waals surface area contributed by atoms with Crippen molar-refractivity contribution in [3.63, 3.8) is 0 Å². The number of morpholine rings is 1. The van der Waals surface area contributed by atoms with E-state index in [0.29, 0.717) is 53.8 Å². The van der Waals surface area contributed by atoms with Crippen LogP contribution in [0.2, 0.25) is 5.02 Å². The molecule has 7 nitrogen and oxygen atoms in total. The van der Waals surface area contributed by atoms with Crippen LogP contribution in [0.1, 0.15) is 12.5 Å². The van der Waals surface area contributed by atoms with Gasteiger partial charge in [-0.15, -0.1) is 10.2 Å². The van der Waals surface area contributed by atoms with Crippen LogP contribution in [0.15, 0.2) is 47.6 Å². The molecule has 2 heterocycles. The number of anilines is 2. The van der Waals surface area contributed by atoms with E-state index in [2.05, 4.69) is 15.5 Å². The number of nitrogens with one attached hydrogen (secondary N) is 1. The SMILES string of the molecule is Cc1ccc(Cl)cc1NC(=O)C(C)Sc1nnc(N2CCOCC2)n1-c1cccc(F)c1. The van der Waals surface area contributed by atoms with E-state index >= 15 is 0 Å². The lowest BCUT2D eigenvalue weighted by Crippen LogP contribution is -2.38. The fraction of sp³-hybridized carbons (Fsp3) is 0.318. The summed E-state index contributed by atoms with van der Waals surface area (Å²) in [7, 11) is 0. The van der Waals surface area contributed by atoms with Crippen LogP contribution >= 0.6 is 23.4 Å². The van der Waals surface area contributed by atoms with Gasteiger partial charge in [0.25, 0.3) is 0 Å². The third-order valence-electron chi connectivity index (χ3n) is 5.09. The van der Waals surface area contributed by atoms with E-state index < -0.39 is 5.25 Å². The minimum absolute atomic E-state index is 0.193. The number of halogens is 2. The molecule has 1 aliphatic heterocycles. The number of amides is 1. The summed E-state index contributed by atoms with van der Waals surface area (Å²) < 4.78 is 21.2. The number of ether oxygens (including phenoxy) is 1. The normalized spacial score (nSPS) is 14.9. The fourth-order valence-electron chi connectivity index (χ4n) is 3.32. The molecule has 1 aliphatic rings. The van der Waals surface area contributed by atoms with Gasteiger partial charge in [-0.2, -0.15) is 0 Å². The molecule has 0 saturated carbocycles. The molecule has 0 bridgehead atoms. The highest BCUT2D eigenvalue weighted by molar-refractivity contribution is 8.00. The van der Waals surface area contributed by atoms with Crippen molar-refractivity contribution in [3.05, 3.63) is 58.9 Å². The van der Waals surface area contributed by atoms with Crippen molar-refractivity contribution in [3.8, 4) is 5.69 Å². The molecule has 1 saturated heterocycles. The van der Waals surface area contributed by atoms with Crippen LogP contribution in [-0.2, 0) is 9.53 Å². The summed E-state index contributed by atoms with van der Waals surface area (Å²) >= 11 is 7.32. The van der Waals surface area contributed by atoms with E-state index in [1.165, 1.54) is 23.9 Å². The van der Waals surface area contributed by atoms with Crippen LogP contribution in [0.25, 0.3) is 5.69 Å². The molecule has 1 N–H and O–H groups in total. The summed E-state index contributed by atoms with van der Waals surface area (Å²) in [6, 6.07) is 11.6. The van der Waals surface area contributed by atoms with E-state index in [-0.39, 0.29) is 11.7 Å². The number of hydrogen-bond acceptors (Lipinski definition) is 6. The Labute approximate surface area is 194 Å². The van der Waals surface area contributed by atoms with Gasteiger partial charge >= 0.3 is 0 Å². The largest absolute Gasteiger partial charge is 0.378 e. The highest BCUT2D eigenvalue weighted by Crippen LogP contribution is 2.31. The Balaban J connectivity index is 1.60. The van der Waals surface area contributed by atoms with Gasteiger partial charge in [-0.25, -0.2) is 4.39 Å². The Morgan fingerprint density at radius 1 is 1.22 bits per heavy atom. The summed E-state index contributed by atoms with van der Waals surface area (Å²) in [6.07, 6.45) is 0. The number of thioether (sulfide) groups is 1. The van der Waals surface area contributed by atoms with Gasteiger partial charge in [0.05, 0.1) is 24.2 Å². The van der Waals surface area contributed by atoms with E-state index in [1.54, 1.807) is 35.8 Å². The van der Waals surface area contributed by atoms with Gasteiger partial charge in [-0.1, -0.05) is 35.5 Å². The molecular weight excluding hydrogens is 453 g/mol. The minimum atomic E-state index is -0.484. The maximum Gasteiger partial charge on any atom is 0.237 e. The third kappa shape index (κ3) is 5.06. The first kappa shape index (κ1) is 22.6. The second-order valence-corrected chi connectivity index (χ2v) is 9.15. The molecule has 0 spiro atoms. The van der Waals surface area contributed by atoms with Crippen molar-refractivity contribution < 1.29 is 13.9 Å². The smallest absolute Gasteiger partial charge is 0.237 e.